The predicted molar refractivity (Wildman–Crippen MR) is 89.5 cm³/mol. The van der Waals surface area contributed by atoms with Gasteiger partial charge < -0.3 is 11.1 Å². The first-order chi connectivity index (χ1) is 11.6. The lowest BCUT2D eigenvalue weighted by molar-refractivity contribution is 0.0950. The number of fused-ring (bicyclic) bond motifs is 1. The number of carbonyl (C=O) groups is 1. The van der Waals surface area contributed by atoms with Crippen molar-refractivity contribution in [2.45, 2.75) is 13.5 Å². The van der Waals surface area contributed by atoms with Crippen LogP contribution in [0.15, 0.2) is 41.5 Å². The largest absolute Gasteiger partial charge is 0.368 e. The van der Waals surface area contributed by atoms with Crippen molar-refractivity contribution in [3.63, 3.8) is 0 Å². The van der Waals surface area contributed by atoms with Gasteiger partial charge in [0.25, 0.3) is 11.5 Å². The van der Waals surface area contributed by atoms with Gasteiger partial charge in [0.1, 0.15) is 0 Å². The molecule has 1 amide bonds. The summed E-state index contributed by atoms with van der Waals surface area (Å²) in [5, 5.41) is 8.23. The fourth-order valence-corrected chi connectivity index (χ4v) is 2.37. The van der Waals surface area contributed by atoms with Crippen LogP contribution in [0.3, 0.4) is 0 Å². The molecule has 0 fully saturated rings. The van der Waals surface area contributed by atoms with Gasteiger partial charge in [-0.15, -0.1) is 0 Å². The summed E-state index contributed by atoms with van der Waals surface area (Å²) in [6.07, 6.45) is 3.02. The highest BCUT2D eigenvalue weighted by atomic mass is 16.2. The molecular weight excluding hydrogens is 308 g/mol. The van der Waals surface area contributed by atoms with Crippen LogP contribution >= 0.6 is 0 Å². The fraction of sp³-hybridized carbons (Fsp3) is 0.188. The molecule has 8 nitrogen and oxygen atoms in total. The topological polar surface area (TPSA) is 116 Å². The van der Waals surface area contributed by atoms with Gasteiger partial charge in [-0.1, -0.05) is 18.2 Å². The third-order valence-electron chi connectivity index (χ3n) is 3.61. The SMILES string of the molecule is Cc1nc(N)ncc1C(=O)NCCn1ncc2ccccc2c1=O. The molecule has 2 aromatic heterocycles. The summed E-state index contributed by atoms with van der Waals surface area (Å²) in [7, 11) is 0. The summed E-state index contributed by atoms with van der Waals surface area (Å²) < 4.78 is 1.33. The number of nitrogens with two attached hydrogens (primary N) is 1. The Kier molecular flexibility index (Phi) is 4.19. The van der Waals surface area contributed by atoms with Gasteiger partial charge in [0, 0.05) is 18.1 Å². The molecule has 0 aliphatic rings. The summed E-state index contributed by atoms with van der Waals surface area (Å²) in [4.78, 5) is 32.2. The van der Waals surface area contributed by atoms with Crippen LogP contribution in [0.5, 0.6) is 0 Å². The van der Waals surface area contributed by atoms with Gasteiger partial charge in [-0.2, -0.15) is 5.10 Å². The number of hydrogen-bond acceptors (Lipinski definition) is 6. The van der Waals surface area contributed by atoms with Gasteiger partial charge in [0.2, 0.25) is 5.95 Å². The van der Waals surface area contributed by atoms with Crippen molar-refractivity contribution in [1.82, 2.24) is 25.1 Å². The molecule has 0 spiro atoms. The molecule has 2 heterocycles. The second-order valence-corrected chi connectivity index (χ2v) is 5.24. The van der Waals surface area contributed by atoms with Gasteiger partial charge in [-0.3, -0.25) is 9.59 Å². The summed E-state index contributed by atoms with van der Waals surface area (Å²) in [6.45, 7) is 2.21. The normalized spacial score (nSPS) is 10.7. The fourth-order valence-electron chi connectivity index (χ4n) is 2.37. The molecule has 3 aromatic rings. The van der Waals surface area contributed by atoms with Crippen molar-refractivity contribution >= 4 is 22.6 Å². The van der Waals surface area contributed by atoms with E-state index in [0.717, 1.165) is 5.39 Å². The number of anilines is 1. The summed E-state index contributed by atoms with van der Waals surface area (Å²) in [5.41, 5.74) is 6.13. The van der Waals surface area contributed by atoms with E-state index in [2.05, 4.69) is 20.4 Å². The number of aromatic nitrogens is 4. The number of nitrogens with one attached hydrogen (secondary N) is 1. The second-order valence-electron chi connectivity index (χ2n) is 5.24. The molecule has 0 saturated carbocycles. The highest BCUT2D eigenvalue weighted by molar-refractivity contribution is 5.94. The minimum absolute atomic E-state index is 0.121. The maximum absolute atomic E-state index is 12.3. The Labute approximate surface area is 137 Å². The highest BCUT2D eigenvalue weighted by Gasteiger charge is 2.11. The maximum Gasteiger partial charge on any atom is 0.274 e. The van der Waals surface area contributed by atoms with E-state index in [1.165, 1.54) is 10.9 Å². The predicted octanol–water partition coefficient (Wildman–Crippen LogP) is 0.507. The Bertz CT molecular complexity index is 966. The molecule has 0 radical (unpaired) electrons. The lowest BCUT2D eigenvalue weighted by atomic mass is 10.2. The third kappa shape index (κ3) is 3.07. The van der Waals surface area contributed by atoms with E-state index in [1.54, 1.807) is 25.3 Å². The van der Waals surface area contributed by atoms with Gasteiger partial charge in [-0.25, -0.2) is 14.6 Å². The van der Waals surface area contributed by atoms with E-state index in [-0.39, 0.29) is 30.5 Å². The molecule has 0 unspecified atom stereocenters. The standard InChI is InChI=1S/C16H16N6O2/c1-10-13(9-19-16(17)21-10)14(23)18-6-7-22-15(24)12-5-3-2-4-11(12)8-20-22/h2-5,8-9H,6-7H2,1H3,(H,18,23)(H2,17,19,21). The molecule has 1 aromatic carbocycles. The number of carbonyl (C=O) groups excluding carboxylic acids is 1. The zero-order chi connectivity index (χ0) is 17.1. The zero-order valence-corrected chi connectivity index (χ0v) is 13.1. The molecule has 0 atom stereocenters. The van der Waals surface area contributed by atoms with Crippen molar-refractivity contribution in [3.8, 4) is 0 Å². The number of nitrogens with zero attached hydrogens (tertiary/aromatic N) is 4. The molecule has 24 heavy (non-hydrogen) atoms. The molecule has 122 valence electrons. The average Bonchev–Trinajstić information content (AvgIpc) is 2.57. The third-order valence-corrected chi connectivity index (χ3v) is 3.61. The van der Waals surface area contributed by atoms with Crippen LogP contribution in [0.1, 0.15) is 16.1 Å². The Morgan fingerprint density at radius 1 is 1.29 bits per heavy atom. The molecule has 3 rings (SSSR count). The van der Waals surface area contributed by atoms with E-state index in [4.69, 9.17) is 5.73 Å². The number of nitrogen functional groups attached to an aromatic ring is 1. The lowest BCUT2D eigenvalue weighted by Crippen LogP contribution is -2.32. The molecule has 8 heteroatoms. The molecular formula is C16H16N6O2. The smallest absolute Gasteiger partial charge is 0.274 e. The van der Waals surface area contributed by atoms with Gasteiger partial charge in [0.15, 0.2) is 0 Å². The van der Waals surface area contributed by atoms with E-state index >= 15 is 0 Å². The van der Waals surface area contributed by atoms with Crippen LogP contribution in [0.4, 0.5) is 5.95 Å². The summed E-state index contributed by atoms with van der Waals surface area (Å²) >= 11 is 0. The van der Waals surface area contributed by atoms with Gasteiger partial charge in [-0.05, 0) is 13.0 Å². The van der Waals surface area contributed by atoms with E-state index in [1.807, 2.05) is 12.1 Å². The maximum atomic E-state index is 12.3. The molecule has 3 N–H and O–H groups in total. The molecule has 0 aliphatic carbocycles. The van der Waals surface area contributed by atoms with Crippen LogP contribution in [-0.2, 0) is 6.54 Å². The Morgan fingerprint density at radius 3 is 2.88 bits per heavy atom. The lowest BCUT2D eigenvalue weighted by Gasteiger charge is -2.08. The molecule has 0 aliphatic heterocycles. The first-order valence-electron chi connectivity index (χ1n) is 7.38. The van der Waals surface area contributed by atoms with Crippen LogP contribution < -0.4 is 16.6 Å². The zero-order valence-electron chi connectivity index (χ0n) is 13.1. The highest BCUT2D eigenvalue weighted by Crippen LogP contribution is 2.06. The number of aryl methyl sites for hydroxylation is 1. The van der Waals surface area contributed by atoms with Crippen molar-refractivity contribution in [1.29, 1.82) is 0 Å². The molecule has 0 bridgehead atoms. The first-order valence-corrected chi connectivity index (χ1v) is 7.38. The van der Waals surface area contributed by atoms with E-state index < -0.39 is 0 Å². The van der Waals surface area contributed by atoms with E-state index in [0.29, 0.717) is 16.6 Å². The van der Waals surface area contributed by atoms with Crippen molar-refractivity contribution in [2.24, 2.45) is 0 Å². The van der Waals surface area contributed by atoms with Crippen LogP contribution in [0, 0.1) is 6.92 Å². The minimum Gasteiger partial charge on any atom is -0.368 e. The number of benzene rings is 1. The number of rotatable bonds is 4. The van der Waals surface area contributed by atoms with Crippen LogP contribution in [0.25, 0.3) is 10.8 Å². The van der Waals surface area contributed by atoms with E-state index in [9.17, 15) is 9.59 Å². The summed E-state index contributed by atoms with van der Waals surface area (Å²) in [5.74, 6) is -0.197. The Hall–Kier alpha value is -3.29. The first kappa shape index (κ1) is 15.6. The van der Waals surface area contributed by atoms with Gasteiger partial charge >= 0.3 is 0 Å². The number of amides is 1. The van der Waals surface area contributed by atoms with Crippen molar-refractivity contribution in [3.05, 3.63) is 58.3 Å². The number of hydrogen-bond donors (Lipinski definition) is 2. The average molecular weight is 324 g/mol. The summed E-state index contributed by atoms with van der Waals surface area (Å²) in [6, 6.07) is 7.24. The minimum atomic E-state index is -0.318. The van der Waals surface area contributed by atoms with Crippen LogP contribution in [-0.4, -0.2) is 32.2 Å². The van der Waals surface area contributed by atoms with Crippen molar-refractivity contribution < 1.29 is 4.79 Å². The molecule has 0 saturated heterocycles. The quantitative estimate of drug-likeness (QED) is 0.722. The monoisotopic (exact) mass is 324 g/mol. The second kappa shape index (κ2) is 6.45. The Morgan fingerprint density at radius 2 is 2.08 bits per heavy atom. The van der Waals surface area contributed by atoms with Crippen molar-refractivity contribution in [2.75, 3.05) is 12.3 Å². The van der Waals surface area contributed by atoms with Gasteiger partial charge in [0.05, 0.1) is 29.4 Å². The van der Waals surface area contributed by atoms with Crippen LogP contribution in [0.2, 0.25) is 0 Å². The Balaban J connectivity index is 1.69.